The second-order valence-electron chi connectivity index (χ2n) is 4.18. The molecule has 1 aromatic carbocycles. The van der Waals surface area contributed by atoms with Gasteiger partial charge in [0.1, 0.15) is 11.5 Å². The van der Waals surface area contributed by atoms with E-state index in [1.165, 1.54) is 12.1 Å². The zero-order valence-electron chi connectivity index (χ0n) is 10.4. The molecule has 2 rings (SSSR count). The summed E-state index contributed by atoms with van der Waals surface area (Å²) in [4.78, 5) is 21.0. The summed E-state index contributed by atoms with van der Waals surface area (Å²) < 4.78 is 5.43. The number of nitrogens with zero attached hydrogens (tertiary/aromatic N) is 1. The summed E-state index contributed by atoms with van der Waals surface area (Å²) >= 11 is 0. The molecule has 104 valence electrons. The Hall–Kier alpha value is -2.67. The number of furan rings is 1. The van der Waals surface area contributed by atoms with Gasteiger partial charge in [-0.3, -0.25) is 14.9 Å². The molecular formula is C13H12N2O5. The van der Waals surface area contributed by atoms with Crippen LogP contribution in [0.3, 0.4) is 0 Å². The molecule has 1 unspecified atom stereocenters. The maximum Gasteiger partial charge on any atom is 0.305 e. The average molecular weight is 276 g/mol. The van der Waals surface area contributed by atoms with E-state index in [0.29, 0.717) is 5.56 Å². The van der Waals surface area contributed by atoms with Gasteiger partial charge in [0.25, 0.3) is 5.69 Å². The molecular weight excluding hydrogens is 264 g/mol. The number of nitrogens with two attached hydrogens (primary N) is 1. The highest BCUT2D eigenvalue weighted by atomic mass is 16.6. The summed E-state index contributed by atoms with van der Waals surface area (Å²) in [6.45, 7) is 0. The van der Waals surface area contributed by atoms with Gasteiger partial charge < -0.3 is 15.3 Å². The van der Waals surface area contributed by atoms with Crippen LogP contribution in [0.1, 0.15) is 18.2 Å². The molecule has 1 atom stereocenters. The van der Waals surface area contributed by atoms with Crippen molar-refractivity contribution in [3.63, 3.8) is 0 Å². The molecule has 20 heavy (non-hydrogen) atoms. The van der Waals surface area contributed by atoms with Gasteiger partial charge in [-0.15, -0.1) is 0 Å². The molecule has 0 fully saturated rings. The van der Waals surface area contributed by atoms with Crippen molar-refractivity contribution in [1.82, 2.24) is 0 Å². The zero-order valence-corrected chi connectivity index (χ0v) is 10.4. The fraction of sp³-hybridized carbons (Fsp3) is 0.154. The number of carboxylic acid groups (broad SMARTS) is 1. The number of para-hydroxylation sites is 1. The topological polar surface area (TPSA) is 120 Å². The van der Waals surface area contributed by atoms with Gasteiger partial charge in [-0.2, -0.15) is 0 Å². The molecule has 0 spiro atoms. The Bertz CT molecular complexity index is 650. The van der Waals surface area contributed by atoms with Crippen LogP contribution in [0.4, 0.5) is 5.69 Å². The SMILES string of the molecule is NC(CC(=O)O)c1ccc(-c2ccccc2[N+](=O)[O-])o1. The molecule has 1 heterocycles. The Morgan fingerprint density at radius 2 is 2.05 bits per heavy atom. The highest BCUT2D eigenvalue weighted by Crippen LogP contribution is 2.32. The van der Waals surface area contributed by atoms with E-state index in [1.807, 2.05) is 0 Å². The van der Waals surface area contributed by atoms with Crippen molar-refractivity contribution >= 4 is 11.7 Å². The van der Waals surface area contributed by atoms with Gasteiger partial charge in [0.05, 0.1) is 22.9 Å². The number of nitro groups is 1. The van der Waals surface area contributed by atoms with Crippen molar-refractivity contribution < 1.29 is 19.2 Å². The summed E-state index contributed by atoms with van der Waals surface area (Å²) in [6, 6.07) is 8.42. The lowest BCUT2D eigenvalue weighted by molar-refractivity contribution is -0.384. The van der Waals surface area contributed by atoms with Crippen molar-refractivity contribution in [1.29, 1.82) is 0 Å². The van der Waals surface area contributed by atoms with Crippen molar-refractivity contribution in [2.75, 3.05) is 0 Å². The third-order valence-corrected chi connectivity index (χ3v) is 2.75. The van der Waals surface area contributed by atoms with Crippen molar-refractivity contribution in [3.05, 3.63) is 52.3 Å². The fourth-order valence-electron chi connectivity index (χ4n) is 1.83. The maximum atomic E-state index is 10.9. The molecule has 0 bridgehead atoms. The molecule has 0 aliphatic heterocycles. The standard InChI is InChI=1S/C13H12N2O5/c14-9(7-13(16)17)12-6-5-11(20-12)8-3-1-2-4-10(8)15(18)19/h1-6,9H,7,14H2,(H,16,17). The Balaban J connectivity index is 2.34. The number of hydrogen-bond acceptors (Lipinski definition) is 5. The molecule has 2 aromatic rings. The molecule has 1 aromatic heterocycles. The van der Waals surface area contributed by atoms with Gasteiger partial charge in [-0.1, -0.05) is 12.1 Å². The summed E-state index contributed by atoms with van der Waals surface area (Å²) in [5.41, 5.74) is 5.92. The first-order valence-electron chi connectivity index (χ1n) is 5.80. The number of benzene rings is 1. The quantitative estimate of drug-likeness (QED) is 0.638. The van der Waals surface area contributed by atoms with Crippen molar-refractivity contribution in [2.24, 2.45) is 5.73 Å². The van der Waals surface area contributed by atoms with E-state index in [0.717, 1.165) is 0 Å². The minimum Gasteiger partial charge on any atom is -0.481 e. The van der Waals surface area contributed by atoms with Crippen molar-refractivity contribution in [2.45, 2.75) is 12.5 Å². The predicted molar refractivity (Wildman–Crippen MR) is 70.0 cm³/mol. The molecule has 0 saturated heterocycles. The summed E-state index contributed by atoms with van der Waals surface area (Å²) in [7, 11) is 0. The number of rotatable bonds is 5. The number of nitro benzene ring substituents is 1. The normalized spacial score (nSPS) is 12.1. The van der Waals surface area contributed by atoms with E-state index in [9.17, 15) is 14.9 Å². The lowest BCUT2D eigenvalue weighted by atomic mass is 10.1. The summed E-state index contributed by atoms with van der Waals surface area (Å²) in [5, 5.41) is 19.6. The molecule has 0 radical (unpaired) electrons. The van der Waals surface area contributed by atoms with Gasteiger partial charge in [-0.05, 0) is 18.2 Å². The van der Waals surface area contributed by atoms with Gasteiger partial charge in [-0.25, -0.2) is 0 Å². The van der Waals surface area contributed by atoms with E-state index in [4.69, 9.17) is 15.3 Å². The lowest BCUT2D eigenvalue weighted by Crippen LogP contribution is -2.14. The minimum atomic E-state index is -1.04. The number of hydrogen-bond donors (Lipinski definition) is 2. The van der Waals surface area contributed by atoms with Gasteiger partial charge in [0.15, 0.2) is 0 Å². The molecule has 3 N–H and O–H groups in total. The molecule has 0 aliphatic carbocycles. The van der Waals surface area contributed by atoms with Crippen molar-refractivity contribution in [3.8, 4) is 11.3 Å². The minimum absolute atomic E-state index is 0.0831. The van der Waals surface area contributed by atoms with Crippen LogP contribution in [0.5, 0.6) is 0 Å². The highest BCUT2D eigenvalue weighted by molar-refractivity contribution is 5.70. The summed E-state index contributed by atoms with van der Waals surface area (Å²) in [5.74, 6) is -0.477. The average Bonchev–Trinajstić information content (AvgIpc) is 2.87. The number of aliphatic carboxylic acids is 1. The van der Waals surface area contributed by atoms with Crippen LogP contribution in [-0.4, -0.2) is 16.0 Å². The van der Waals surface area contributed by atoms with Gasteiger partial charge in [0.2, 0.25) is 0 Å². The molecule has 0 saturated carbocycles. The summed E-state index contributed by atoms with van der Waals surface area (Å²) in [6.07, 6.45) is -0.274. The monoisotopic (exact) mass is 276 g/mol. The Labute approximate surface area is 113 Å². The predicted octanol–water partition coefficient (Wildman–Crippen LogP) is 2.33. The second kappa shape index (κ2) is 5.54. The smallest absolute Gasteiger partial charge is 0.305 e. The van der Waals surface area contributed by atoms with Crippen LogP contribution < -0.4 is 5.73 Å². The van der Waals surface area contributed by atoms with E-state index in [2.05, 4.69) is 0 Å². The third kappa shape index (κ3) is 2.83. The number of carbonyl (C=O) groups is 1. The largest absolute Gasteiger partial charge is 0.481 e. The van der Waals surface area contributed by atoms with E-state index in [-0.39, 0.29) is 23.6 Å². The zero-order chi connectivity index (χ0) is 14.7. The van der Waals surface area contributed by atoms with E-state index in [1.54, 1.807) is 24.3 Å². The number of carboxylic acids is 1. The molecule has 0 amide bonds. The van der Waals surface area contributed by atoms with E-state index < -0.39 is 16.9 Å². The Morgan fingerprint density at radius 1 is 1.35 bits per heavy atom. The Kier molecular flexibility index (Phi) is 3.81. The highest BCUT2D eigenvalue weighted by Gasteiger charge is 2.19. The molecule has 7 nitrogen and oxygen atoms in total. The van der Waals surface area contributed by atoms with Crippen LogP contribution in [0.2, 0.25) is 0 Å². The lowest BCUT2D eigenvalue weighted by Gasteiger charge is -2.04. The molecule has 0 aliphatic rings. The maximum absolute atomic E-state index is 10.9. The first-order chi connectivity index (χ1) is 9.49. The first kappa shape index (κ1) is 13.8. The van der Waals surface area contributed by atoms with Crippen LogP contribution in [0, 0.1) is 10.1 Å². The van der Waals surface area contributed by atoms with E-state index >= 15 is 0 Å². The van der Waals surface area contributed by atoms with Gasteiger partial charge in [0, 0.05) is 6.07 Å². The van der Waals surface area contributed by atoms with Crippen LogP contribution in [0.25, 0.3) is 11.3 Å². The molecule has 7 heteroatoms. The van der Waals surface area contributed by atoms with Gasteiger partial charge >= 0.3 is 5.97 Å². The van der Waals surface area contributed by atoms with Crippen LogP contribution in [0.15, 0.2) is 40.8 Å². The van der Waals surface area contributed by atoms with Crippen LogP contribution >= 0.6 is 0 Å². The third-order valence-electron chi connectivity index (χ3n) is 2.75. The first-order valence-corrected chi connectivity index (χ1v) is 5.80. The second-order valence-corrected chi connectivity index (χ2v) is 4.18. The van der Waals surface area contributed by atoms with Crippen LogP contribution in [-0.2, 0) is 4.79 Å². The Morgan fingerprint density at radius 3 is 2.70 bits per heavy atom. The fourth-order valence-corrected chi connectivity index (χ4v) is 1.83.